The highest BCUT2D eigenvalue weighted by Gasteiger charge is 2.50. The summed E-state index contributed by atoms with van der Waals surface area (Å²) in [6, 6.07) is 13.3. The molecular weight excluding hydrogens is 292 g/mol. The fraction of sp³-hybridized carbons (Fsp3) is 0.273. The predicted molar refractivity (Wildman–Crippen MR) is 101 cm³/mol. The van der Waals surface area contributed by atoms with Crippen LogP contribution in [-0.4, -0.2) is 24.4 Å². The molecule has 1 aliphatic rings. The Bertz CT molecular complexity index is 845. The Labute approximate surface area is 145 Å². The molecule has 0 spiro atoms. The number of aryl methyl sites for hydroxylation is 2. The first-order valence-electron chi connectivity index (χ1n) is 8.47. The number of hydrogen-bond acceptors (Lipinski definition) is 0. The third-order valence-electron chi connectivity index (χ3n) is 5.01. The molecule has 1 atom stereocenters. The van der Waals surface area contributed by atoms with Crippen molar-refractivity contribution in [2.75, 3.05) is 13.6 Å². The highest BCUT2D eigenvalue weighted by molar-refractivity contribution is 5.67. The molecule has 0 aliphatic carbocycles. The van der Waals surface area contributed by atoms with E-state index in [1.807, 2.05) is 12.3 Å². The first-order valence-corrected chi connectivity index (χ1v) is 8.47. The number of hydrogen-bond donors (Lipinski definition) is 0. The molecule has 24 heavy (non-hydrogen) atoms. The predicted octanol–water partition coefficient (Wildman–Crippen LogP) is 3.79. The summed E-state index contributed by atoms with van der Waals surface area (Å²) in [5.74, 6) is 0. The zero-order chi connectivity index (χ0) is 17.3. The topological polar surface area (TPSA) is 6.89 Å². The molecule has 1 aromatic heterocycles. The fourth-order valence-corrected chi connectivity index (χ4v) is 3.99. The Morgan fingerprint density at radius 2 is 1.92 bits per heavy atom. The molecule has 1 aliphatic heterocycles. The van der Waals surface area contributed by atoms with Crippen molar-refractivity contribution in [3.05, 3.63) is 78.5 Å². The van der Waals surface area contributed by atoms with Gasteiger partial charge in [-0.15, -0.1) is 0 Å². The lowest BCUT2D eigenvalue weighted by molar-refractivity contribution is -0.736. The largest absolute Gasteiger partial charge is 0.238 e. The summed E-state index contributed by atoms with van der Waals surface area (Å²) >= 11 is 0. The molecule has 0 saturated carbocycles. The molecule has 0 fully saturated rings. The van der Waals surface area contributed by atoms with Crippen molar-refractivity contribution >= 4 is 6.21 Å². The molecule has 2 aromatic rings. The van der Waals surface area contributed by atoms with Gasteiger partial charge in [0.2, 0.25) is 11.2 Å². The second kappa shape index (κ2) is 6.20. The van der Waals surface area contributed by atoms with E-state index in [0.717, 1.165) is 13.0 Å². The summed E-state index contributed by atoms with van der Waals surface area (Å²) < 4.78 is 4.64. The zero-order valence-electron chi connectivity index (χ0n) is 14.9. The molecule has 2 heterocycles. The van der Waals surface area contributed by atoms with Gasteiger partial charge in [0.1, 0.15) is 13.6 Å². The van der Waals surface area contributed by atoms with Gasteiger partial charge in [0.15, 0.2) is 11.9 Å². The van der Waals surface area contributed by atoms with Gasteiger partial charge >= 0.3 is 0 Å². The van der Waals surface area contributed by atoms with Gasteiger partial charge in [-0.05, 0) is 30.7 Å². The molecule has 0 unspecified atom stereocenters. The van der Waals surface area contributed by atoms with E-state index in [9.17, 15) is 0 Å². The third kappa shape index (κ3) is 2.43. The van der Waals surface area contributed by atoms with Crippen LogP contribution >= 0.6 is 0 Å². The average molecular weight is 318 g/mol. The highest BCUT2D eigenvalue weighted by Crippen LogP contribution is 2.41. The van der Waals surface area contributed by atoms with Crippen LogP contribution in [0.3, 0.4) is 0 Å². The van der Waals surface area contributed by atoms with E-state index in [-0.39, 0.29) is 5.54 Å². The van der Waals surface area contributed by atoms with E-state index < -0.39 is 0 Å². The summed E-state index contributed by atoms with van der Waals surface area (Å²) in [4.78, 5) is 0. The van der Waals surface area contributed by atoms with E-state index in [2.05, 4.69) is 85.7 Å². The van der Waals surface area contributed by atoms with Crippen molar-refractivity contribution in [3.63, 3.8) is 0 Å². The standard InChI is InChI=1S/C22H26N2/c1-6-13-23(5)14-12-22(7-2)20-11-9-8-10-19(20)21-16-17(3)15-18(4)24(21)22/h6-11,13,15-16H,1-2,12,14H2,3-5H3/q+2/b23-13+/t22-/m0/s1. The molecule has 0 bridgehead atoms. The van der Waals surface area contributed by atoms with Crippen LogP contribution in [0, 0.1) is 13.8 Å². The van der Waals surface area contributed by atoms with Gasteiger partial charge in [-0.3, -0.25) is 0 Å². The molecule has 1 aromatic carbocycles. The highest BCUT2D eigenvalue weighted by atomic mass is 15.1. The summed E-state index contributed by atoms with van der Waals surface area (Å²) in [5, 5.41) is 0. The lowest BCUT2D eigenvalue weighted by atomic mass is 9.86. The summed E-state index contributed by atoms with van der Waals surface area (Å²) in [6.45, 7) is 13.3. The van der Waals surface area contributed by atoms with Crippen molar-refractivity contribution < 1.29 is 9.14 Å². The Hall–Kier alpha value is -2.48. The molecule has 0 radical (unpaired) electrons. The van der Waals surface area contributed by atoms with Gasteiger partial charge in [0, 0.05) is 24.6 Å². The SMILES string of the molecule is C=C/C=[N+](\C)CC[C@@]1(C=C)c2ccccc2-c2cc(C)cc(C)[n+]21. The molecule has 122 valence electrons. The van der Waals surface area contributed by atoms with Crippen LogP contribution in [0.2, 0.25) is 0 Å². The van der Waals surface area contributed by atoms with Crippen LogP contribution in [0.15, 0.2) is 61.7 Å². The van der Waals surface area contributed by atoms with E-state index >= 15 is 0 Å². The first-order chi connectivity index (χ1) is 11.5. The number of nitrogens with zero attached hydrogens (tertiary/aromatic N) is 2. The second-order valence-electron chi connectivity index (χ2n) is 6.68. The number of rotatable bonds is 5. The van der Waals surface area contributed by atoms with Crippen LogP contribution < -0.4 is 4.57 Å². The molecule has 0 saturated heterocycles. The molecule has 2 nitrogen and oxygen atoms in total. The Morgan fingerprint density at radius 3 is 2.62 bits per heavy atom. The van der Waals surface area contributed by atoms with Gasteiger partial charge in [-0.1, -0.05) is 31.4 Å². The van der Waals surface area contributed by atoms with Crippen molar-refractivity contribution in [2.45, 2.75) is 25.8 Å². The molecular formula is C22H26N2+2. The normalized spacial score (nSPS) is 18.9. The summed E-state index contributed by atoms with van der Waals surface area (Å²) in [7, 11) is 2.09. The smallest absolute Gasteiger partial charge is 0.219 e. The Kier molecular flexibility index (Phi) is 4.23. The maximum Gasteiger partial charge on any atom is 0.219 e. The lowest BCUT2D eigenvalue weighted by Crippen LogP contribution is -2.56. The lowest BCUT2D eigenvalue weighted by Gasteiger charge is -2.22. The van der Waals surface area contributed by atoms with Gasteiger partial charge in [-0.2, -0.15) is 4.57 Å². The van der Waals surface area contributed by atoms with Gasteiger partial charge < -0.3 is 0 Å². The molecule has 0 N–H and O–H groups in total. The zero-order valence-corrected chi connectivity index (χ0v) is 14.9. The maximum absolute atomic E-state index is 4.23. The minimum atomic E-state index is -0.201. The van der Waals surface area contributed by atoms with Crippen molar-refractivity contribution in [1.29, 1.82) is 0 Å². The number of aromatic nitrogens is 1. The Morgan fingerprint density at radius 1 is 1.17 bits per heavy atom. The van der Waals surface area contributed by atoms with Crippen LogP contribution in [-0.2, 0) is 5.54 Å². The van der Waals surface area contributed by atoms with Gasteiger partial charge in [-0.25, -0.2) is 4.58 Å². The van der Waals surface area contributed by atoms with E-state index in [1.54, 1.807) is 0 Å². The van der Waals surface area contributed by atoms with Crippen LogP contribution in [0.5, 0.6) is 0 Å². The van der Waals surface area contributed by atoms with Crippen LogP contribution in [0.25, 0.3) is 11.3 Å². The van der Waals surface area contributed by atoms with Gasteiger partial charge in [0.25, 0.3) is 0 Å². The van der Waals surface area contributed by atoms with E-state index in [1.165, 1.54) is 28.1 Å². The quantitative estimate of drug-likeness (QED) is 0.450. The van der Waals surface area contributed by atoms with E-state index in [0.29, 0.717) is 0 Å². The molecule has 3 rings (SSSR count). The average Bonchev–Trinajstić information content (AvgIpc) is 2.84. The number of allylic oxidation sites excluding steroid dienone is 2. The number of pyridine rings is 1. The minimum Gasteiger partial charge on any atom is -0.238 e. The number of fused-ring (bicyclic) bond motifs is 3. The second-order valence-corrected chi connectivity index (χ2v) is 6.68. The van der Waals surface area contributed by atoms with Crippen molar-refractivity contribution in [2.24, 2.45) is 0 Å². The van der Waals surface area contributed by atoms with Crippen molar-refractivity contribution in [1.82, 2.24) is 0 Å². The third-order valence-corrected chi connectivity index (χ3v) is 5.01. The maximum atomic E-state index is 4.23. The summed E-state index contributed by atoms with van der Waals surface area (Å²) in [6.07, 6.45) is 6.94. The van der Waals surface area contributed by atoms with Crippen LogP contribution in [0.4, 0.5) is 0 Å². The molecule has 0 amide bonds. The van der Waals surface area contributed by atoms with Crippen LogP contribution in [0.1, 0.15) is 23.2 Å². The first kappa shape index (κ1) is 16.4. The van der Waals surface area contributed by atoms with Crippen molar-refractivity contribution in [3.8, 4) is 11.3 Å². The monoisotopic (exact) mass is 318 g/mol. The number of benzene rings is 1. The summed E-state index contributed by atoms with van der Waals surface area (Å²) in [5.41, 5.74) is 6.33. The van der Waals surface area contributed by atoms with E-state index in [4.69, 9.17) is 0 Å². The Balaban J connectivity index is 2.21. The minimum absolute atomic E-state index is 0.201. The van der Waals surface area contributed by atoms with Gasteiger partial charge in [0.05, 0.1) is 12.0 Å². The fourth-order valence-electron chi connectivity index (χ4n) is 3.99. The molecule has 2 heteroatoms.